The lowest BCUT2D eigenvalue weighted by molar-refractivity contribution is -0.134. The zero-order chi connectivity index (χ0) is 13.9. The molecule has 20 heavy (non-hydrogen) atoms. The van der Waals surface area contributed by atoms with E-state index in [4.69, 9.17) is 4.74 Å². The summed E-state index contributed by atoms with van der Waals surface area (Å²) in [5.41, 5.74) is 1.22. The molecular formula is C17H17NO2. The van der Waals surface area contributed by atoms with E-state index in [1.807, 2.05) is 36.4 Å². The summed E-state index contributed by atoms with van der Waals surface area (Å²) in [6.45, 7) is 2.88. The van der Waals surface area contributed by atoms with Crippen LogP contribution in [0.2, 0.25) is 0 Å². The molecule has 2 aromatic rings. The molecule has 1 aliphatic heterocycles. The van der Waals surface area contributed by atoms with Gasteiger partial charge in [0, 0.05) is 12.6 Å². The van der Waals surface area contributed by atoms with Gasteiger partial charge in [-0.2, -0.15) is 0 Å². The van der Waals surface area contributed by atoms with Gasteiger partial charge in [0.15, 0.2) is 0 Å². The van der Waals surface area contributed by atoms with Crippen molar-refractivity contribution in [3.63, 3.8) is 0 Å². The maximum absolute atomic E-state index is 12.1. The van der Waals surface area contributed by atoms with Crippen molar-refractivity contribution in [2.75, 3.05) is 6.54 Å². The van der Waals surface area contributed by atoms with Crippen LogP contribution in [0.4, 0.5) is 0 Å². The molecule has 1 unspecified atom stereocenters. The second kappa shape index (κ2) is 5.47. The number of nitrogens with zero attached hydrogens (tertiary/aromatic N) is 1. The van der Waals surface area contributed by atoms with Gasteiger partial charge in [-0.05, 0) is 24.6 Å². The molecular weight excluding hydrogens is 250 g/mol. The molecule has 1 heterocycles. The van der Waals surface area contributed by atoms with E-state index in [1.165, 1.54) is 5.56 Å². The van der Waals surface area contributed by atoms with Gasteiger partial charge in [-0.1, -0.05) is 48.5 Å². The van der Waals surface area contributed by atoms with E-state index < -0.39 is 0 Å². The van der Waals surface area contributed by atoms with Gasteiger partial charge >= 0.3 is 5.97 Å². The largest absolute Gasteiger partial charge is 0.425 e. The van der Waals surface area contributed by atoms with E-state index in [9.17, 15) is 4.79 Å². The van der Waals surface area contributed by atoms with Crippen LogP contribution in [0.3, 0.4) is 0 Å². The average molecular weight is 267 g/mol. The normalized spacial score (nSPS) is 22.1. The Balaban J connectivity index is 1.60. The minimum absolute atomic E-state index is 0.120. The lowest BCUT2D eigenvalue weighted by Gasteiger charge is -2.14. The third-order valence-electron chi connectivity index (χ3n) is 3.66. The fourth-order valence-corrected chi connectivity index (χ4v) is 2.39. The van der Waals surface area contributed by atoms with Crippen LogP contribution < -0.4 is 4.74 Å². The van der Waals surface area contributed by atoms with E-state index in [0.29, 0.717) is 5.75 Å². The molecule has 3 atom stereocenters. The number of hydrogen-bond acceptors (Lipinski definition) is 3. The molecule has 3 rings (SSSR count). The van der Waals surface area contributed by atoms with Gasteiger partial charge in [0.05, 0.1) is 0 Å². The van der Waals surface area contributed by atoms with Crippen LogP contribution in [0, 0.1) is 0 Å². The number of esters is 1. The maximum Gasteiger partial charge on any atom is 0.330 e. The van der Waals surface area contributed by atoms with Crippen LogP contribution in [0.15, 0.2) is 60.7 Å². The summed E-state index contributed by atoms with van der Waals surface area (Å²) in [4.78, 5) is 14.2. The first-order valence-electron chi connectivity index (χ1n) is 6.83. The summed E-state index contributed by atoms with van der Waals surface area (Å²) in [6, 6.07) is 19.5. The smallest absolute Gasteiger partial charge is 0.330 e. The highest BCUT2D eigenvalue weighted by atomic mass is 16.5. The molecule has 0 spiro atoms. The first kappa shape index (κ1) is 12.9. The Morgan fingerprint density at radius 2 is 1.70 bits per heavy atom. The molecule has 1 fully saturated rings. The zero-order valence-corrected chi connectivity index (χ0v) is 11.4. The van der Waals surface area contributed by atoms with E-state index in [0.717, 1.165) is 6.54 Å². The van der Waals surface area contributed by atoms with Gasteiger partial charge in [0.1, 0.15) is 11.8 Å². The van der Waals surface area contributed by atoms with Crippen molar-refractivity contribution in [1.82, 2.24) is 4.90 Å². The van der Waals surface area contributed by atoms with Gasteiger partial charge in [0.25, 0.3) is 0 Å². The van der Waals surface area contributed by atoms with Crippen molar-refractivity contribution in [3.05, 3.63) is 66.2 Å². The van der Waals surface area contributed by atoms with Gasteiger partial charge in [-0.15, -0.1) is 0 Å². The molecule has 3 nitrogen and oxygen atoms in total. The highest BCUT2D eigenvalue weighted by molar-refractivity contribution is 5.81. The van der Waals surface area contributed by atoms with Crippen LogP contribution in [-0.4, -0.2) is 23.5 Å². The Bertz CT molecular complexity index is 582. The molecule has 0 aliphatic carbocycles. The molecule has 0 saturated carbocycles. The number of carbonyl (C=O) groups is 1. The van der Waals surface area contributed by atoms with E-state index in [2.05, 4.69) is 24.0 Å². The van der Waals surface area contributed by atoms with E-state index in [1.54, 1.807) is 12.1 Å². The minimum atomic E-state index is -0.168. The van der Waals surface area contributed by atoms with Crippen LogP contribution in [0.25, 0.3) is 0 Å². The highest BCUT2D eigenvalue weighted by Gasteiger charge is 2.45. The van der Waals surface area contributed by atoms with Gasteiger partial charge < -0.3 is 4.74 Å². The van der Waals surface area contributed by atoms with Crippen LogP contribution in [0.5, 0.6) is 5.75 Å². The molecule has 2 aromatic carbocycles. The average Bonchev–Trinajstić information content (AvgIpc) is 3.29. The molecule has 1 aliphatic rings. The molecule has 0 bridgehead atoms. The van der Waals surface area contributed by atoms with Crippen molar-refractivity contribution < 1.29 is 9.53 Å². The van der Waals surface area contributed by atoms with Gasteiger partial charge in [0.2, 0.25) is 0 Å². The Morgan fingerprint density at radius 3 is 2.35 bits per heavy atom. The predicted molar refractivity (Wildman–Crippen MR) is 77.4 cm³/mol. The minimum Gasteiger partial charge on any atom is -0.425 e. The Morgan fingerprint density at radius 1 is 1.10 bits per heavy atom. The molecule has 0 amide bonds. The SMILES string of the molecule is C[C@H](c1ccccc1)N1C[C@@H]1C(=O)Oc1ccccc1. The summed E-state index contributed by atoms with van der Waals surface area (Å²) < 4.78 is 5.37. The topological polar surface area (TPSA) is 29.3 Å². The van der Waals surface area contributed by atoms with Crippen molar-refractivity contribution in [3.8, 4) is 5.75 Å². The van der Waals surface area contributed by atoms with Crippen molar-refractivity contribution in [1.29, 1.82) is 0 Å². The molecule has 0 radical (unpaired) electrons. The number of carbonyl (C=O) groups excluding carboxylic acids is 1. The summed E-state index contributed by atoms with van der Waals surface area (Å²) >= 11 is 0. The van der Waals surface area contributed by atoms with Gasteiger partial charge in [-0.3, -0.25) is 4.90 Å². The lowest BCUT2D eigenvalue weighted by Crippen LogP contribution is -2.20. The van der Waals surface area contributed by atoms with Crippen LogP contribution in [0.1, 0.15) is 18.5 Å². The summed E-state index contributed by atoms with van der Waals surface area (Å²) in [5.74, 6) is 0.440. The molecule has 3 heteroatoms. The summed E-state index contributed by atoms with van der Waals surface area (Å²) in [6.07, 6.45) is 0. The zero-order valence-electron chi connectivity index (χ0n) is 11.4. The fraction of sp³-hybridized carbons (Fsp3) is 0.235. The predicted octanol–water partition coefficient (Wildman–Crippen LogP) is 3.04. The first-order chi connectivity index (χ1) is 9.75. The highest BCUT2D eigenvalue weighted by Crippen LogP contribution is 2.32. The number of benzene rings is 2. The van der Waals surface area contributed by atoms with Crippen molar-refractivity contribution in [2.45, 2.75) is 19.0 Å². The summed E-state index contributed by atoms with van der Waals surface area (Å²) in [5, 5.41) is 0. The van der Waals surface area contributed by atoms with Crippen LogP contribution in [-0.2, 0) is 4.79 Å². The number of hydrogen-bond donors (Lipinski definition) is 0. The van der Waals surface area contributed by atoms with Gasteiger partial charge in [-0.25, -0.2) is 4.79 Å². The molecule has 0 N–H and O–H groups in total. The van der Waals surface area contributed by atoms with E-state index >= 15 is 0 Å². The lowest BCUT2D eigenvalue weighted by atomic mass is 10.1. The Labute approximate surface area is 118 Å². The Kier molecular flexibility index (Phi) is 3.52. The second-order valence-corrected chi connectivity index (χ2v) is 5.03. The third kappa shape index (κ3) is 2.73. The first-order valence-corrected chi connectivity index (χ1v) is 6.83. The number of rotatable bonds is 4. The quantitative estimate of drug-likeness (QED) is 0.484. The van der Waals surface area contributed by atoms with E-state index in [-0.39, 0.29) is 18.1 Å². The summed E-state index contributed by atoms with van der Waals surface area (Å²) in [7, 11) is 0. The fourth-order valence-electron chi connectivity index (χ4n) is 2.39. The number of ether oxygens (including phenoxy) is 1. The number of para-hydroxylation sites is 1. The molecule has 1 saturated heterocycles. The molecule has 0 aromatic heterocycles. The maximum atomic E-state index is 12.1. The second-order valence-electron chi connectivity index (χ2n) is 5.03. The van der Waals surface area contributed by atoms with Crippen LogP contribution >= 0.6 is 0 Å². The molecule has 102 valence electrons. The monoisotopic (exact) mass is 267 g/mol. The standard InChI is InChI=1S/C17H17NO2/c1-13(14-8-4-2-5-9-14)18-12-16(18)17(19)20-15-10-6-3-7-11-15/h2-11,13,16H,12H2,1H3/t13-,16-,18?/m1/s1. The van der Waals surface area contributed by atoms with Crippen molar-refractivity contribution in [2.24, 2.45) is 0 Å². The van der Waals surface area contributed by atoms with Crippen molar-refractivity contribution >= 4 is 5.97 Å². The Hall–Kier alpha value is -2.13. The third-order valence-corrected chi connectivity index (χ3v) is 3.66.